The van der Waals surface area contributed by atoms with Crippen molar-refractivity contribution in [1.29, 1.82) is 0 Å². The molecule has 5 heteroatoms. The van der Waals surface area contributed by atoms with Gasteiger partial charge < -0.3 is 4.90 Å². The molecular formula is C23H28N4S. The van der Waals surface area contributed by atoms with Crippen molar-refractivity contribution in [3.63, 3.8) is 0 Å². The molecule has 2 heterocycles. The number of rotatable bonds is 6. The van der Waals surface area contributed by atoms with E-state index in [0.717, 1.165) is 37.9 Å². The summed E-state index contributed by atoms with van der Waals surface area (Å²) >= 11 is 1.72. The molecule has 4 nitrogen and oxygen atoms in total. The van der Waals surface area contributed by atoms with E-state index in [4.69, 9.17) is 4.98 Å². The lowest BCUT2D eigenvalue weighted by Gasteiger charge is -2.39. The second kappa shape index (κ2) is 8.86. The van der Waals surface area contributed by atoms with Crippen molar-refractivity contribution in [3.8, 4) is 0 Å². The topological polar surface area (TPSA) is 22.6 Å². The third kappa shape index (κ3) is 4.43. The van der Waals surface area contributed by atoms with Crippen molar-refractivity contribution in [3.05, 3.63) is 82.9 Å². The van der Waals surface area contributed by atoms with Crippen LogP contribution in [0.2, 0.25) is 0 Å². The van der Waals surface area contributed by atoms with E-state index in [0.29, 0.717) is 6.04 Å². The van der Waals surface area contributed by atoms with E-state index in [-0.39, 0.29) is 0 Å². The molecule has 0 unspecified atom stereocenters. The summed E-state index contributed by atoms with van der Waals surface area (Å²) in [5, 5.41) is 3.28. The van der Waals surface area contributed by atoms with Crippen LogP contribution in [0.3, 0.4) is 0 Å². The van der Waals surface area contributed by atoms with E-state index in [2.05, 4.69) is 94.8 Å². The summed E-state index contributed by atoms with van der Waals surface area (Å²) in [6.45, 7) is 5.23. The molecule has 0 amide bonds. The number of thiazole rings is 1. The van der Waals surface area contributed by atoms with Gasteiger partial charge in [0.25, 0.3) is 0 Å². The lowest BCUT2D eigenvalue weighted by atomic mass is 9.96. The highest BCUT2D eigenvalue weighted by Crippen LogP contribution is 2.29. The molecule has 0 bridgehead atoms. The van der Waals surface area contributed by atoms with Crippen LogP contribution in [0.4, 0.5) is 5.13 Å². The predicted octanol–water partition coefficient (Wildman–Crippen LogP) is 4.12. The van der Waals surface area contributed by atoms with E-state index >= 15 is 0 Å². The monoisotopic (exact) mass is 392 g/mol. The zero-order valence-electron chi connectivity index (χ0n) is 16.7. The highest BCUT2D eigenvalue weighted by atomic mass is 32.1. The van der Waals surface area contributed by atoms with E-state index in [9.17, 15) is 0 Å². The SMILES string of the molecule is CN(C)c1nc(CN2CCN(C(c3ccccc3)c3ccccc3)CC2)cs1. The summed E-state index contributed by atoms with van der Waals surface area (Å²) in [7, 11) is 4.10. The minimum atomic E-state index is 0.323. The quantitative estimate of drug-likeness (QED) is 0.629. The molecule has 0 atom stereocenters. The van der Waals surface area contributed by atoms with Gasteiger partial charge in [-0.3, -0.25) is 9.80 Å². The van der Waals surface area contributed by atoms with Crippen molar-refractivity contribution >= 4 is 16.5 Å². The normalized spacial score (nSPS) is 15.8. The molecule has 0 aliphatic carbocycles. The molecule has 0 spiro atoms. The van der Waals surface area contributed by atoms with Gasteiger partial charge in [0.1, 0.15) is 0 Å². The fourth-order valence-corrected chi connectivity index (χ4v) is 4.62. The van der Waals surface area contributed by atoms with Gasteiger partial charge in [0.05, 0.1) is 11.7 Å². The van der Waals surface area contributed by atoms with Crippen LogP contribution in [0, 0.1) is 0 Å². The smallest absolute Gasteiger partial charge is 0.185 e. The first kappa shape index (κ1) is 19.1. The maximum Gasteiger partial charge on any atom is 0.185 e. The Kier molecular flexibility index (Phi) is 6.05. The van der Waals surface area contributed by atoms with Crippen LogP contribution in [0.1, 0.15) is 22.9 Å². The van der Waals surface area contributed by atoms with Crippen molar-refractivity contribution < 1.29 is 0 Å². The van der Waals surface area contributed by atoms with E-state index < -0.39 is 0 Å². The van der Waals surface area contributed by atoms with Gasteiger partial charge in [0.15, 0.2) is 5.13 Å². The molecule has 1 fully saturated rings. The molecule has 0 saturated carbocycles. The van der Waals surface area contributed by atoms with Crippen molar-refractivity contribution in [1.82, 2.24) is 14.8 Å². The highest BCUT2D eigenvalue weighted by Gasteiger charge is 2.26. The van der Waals surface area contributed by atoms with Crippen LogP contribution in [-0.2, 0) is 6.54 Å². The molecule has 0 radical (unpaired) electrons. The van der Waals surface area contributed by atoms with Gasteiger partial charge in [-0.15, -0.1) is 11.3 Å². The third-order valence-corrected chi connectivity index (χ3v) is 6.37. The maximum absolute atomic E-state index is 4.74. The number of anilines is 1. The highest BCUT2D eigenvalue weighted by molar-refractivity contribution is 7.13. The molecule has 2 aromatic carbocycles. The Morgan fingerprint density at radius 3 is 1.96 bits per heavy atom. The Labute approximate surface area is 172 Å². The molecule has 1 aliphatic rings. The Morgan fingerprint density at radius 2 is 1.46 bits per heavy atom. The van der Waals surface area contributed by atoms with Crippen LogP contribution in [0.15, 0.2) is 66.0 Å². The number of nitrogens with zero attached hydrogens (tertiary/aromatic N) is 4. The van der Waals surface area contributed by atoms with Gasteiger partial charge in [-0.25, -0.2) is 4.98 Å². The molecular weight excluding hydrogens is 364 g/mol. The fourth-order valence-electron chi connectivity index (χ4n) is 3.87. The molecule has 3 aromatic rings. The average Bonchev–Trinajstić information content (AvgIpc) is 3.20. The minimum absolute atomic E-state index is 0.323. The summed E-state index contributed by atoms with van der Waals surface area (Å²) in [6.07, 6.45) is 0. The van der Waals surface area contributed by atoms with Gasteiger partial charge in [-0.2, -0.15) is 0 Å². The zero-order valence-corrected chi connectivity index (χ0v) is 17.5. The zero-order chi connectivity index (χ0) is 19.3. The number of hydrogen-bond acceptors (Lipinski definition) is 5. The molecule has 146 valence electrons. The van der Waals surface area contributed by atoms with Gasteiger partial charge in [0, 0.05) is 52.2 Å². The van der Waals surface area contributed by atoms with Gasteiger partial charge >= 0.3 is 0 Å². The second-order valence-corrected chi connectivity index (χ2v) is 8.39. The Hall–Kier alpha value is -2.21. The third-order valence-electron chi connectivity index (χ3n) is 5.31. The van der Waals surface area contributed by atoms with E-state index in [1.807, 2.05) is 0 Å². The Morgan fingerprint density at radius 1 is 0.893 bits per heavy atom. The van der Waals surface area contributed by atoms with Crippen LogP contribution >= 0.6 is 11.3 Å². The van der Waals surface area contributed by atoms with Gasteiger partial charge in [0.2, 0.25) is 0 Å². The number of piperazine rings is 1. The summed E-state index contributed by atoms with van der Waals surface area (Å²) < 4.78 is 0. The van der Waals surface area contributed by atoms with E-state index in [1.54, 1.807) is 11.3 Å². The van der Waals surface area contributed by atoms with Crippen LogP contribution in [0.25, 0.3) is 0 Å². The lowest BCUT2D eigenvalue weighted by molar-refractivity contribution is 0.104. The summed E-state index contributed by atoms with van der Waals surface area (Å²) in [5.74, 6) is 0. The molecule has 4 rings (SSSR count). The molecule has 1 aliphatic heterocycles. The molecule has 0 N–H and O–H groups in total. The summed E-state index contributed by atoms with van der Waals surface area (Å²) in [6, 6.07) is 22.1. The molecule has 1 saturated heterocycles. The number of aromatic nitrogens is 1. The van der Waals surface area contributed by atoms with E-state index in [1.165, 1.54) is 16.8 Å². The van der Waals surface area contributed by atoms with Crippen molar-refractivity contribution in [2.75, 3.05) is 45.2 Å². The maximum atomic E-state index is 4.74. The second-order valence-electron chi connectivity index (χ2n) is 7.55. The average molecular weight is 393 g/mol. The summed E-state index contributed by atoms with van der Waals surface area (Å²) in [4.78, 5) is 12.0. The lowest BCUT2D eigenvalue weighted by Crippen LogP contribution is -2.47. The van der Waals surface area contributed by atoms with Crippen LogP contribution < -0.4 is 4.90 Å². The number of benzene rings is 2. The van der Waals surface area contributed by atoms with Gasteiger partial charge in [-0.1, -0.05) is 60.7 Å². The van der Waals surface area contributed by atoms with Gasteiger partial charge in [-0.05, 0) is 11.1 Å². The standard InChI is InChI=1S/C23H28N4S/c1-25(2)23-24-21(18-28-23)17-26-13-15-27(16-14-26)22(19-9-5-3-6-10-19)20-11-7-4-8-12-20/h3-12,18,22H,13-17H2,1-2H3. The first-order valence-electron chi connectivity index (χ1n) is 9.89. The predicted molar refractivity (Wildman–Crippen MR) is 118 cm³/mol. The van der Waals surface area contributed by atoms with Crippen molar-refractivity contribution in [2.24, 2.45) is 0 Å². The van der Waals surface area contributed by atoms with Crippen LogP contribution in [-0.4, -0.2) is 55.1 Å². The first-order chi connectivity index (χ1) is 13.7. The summed E-state index contributed by atoms with van der Waals surface area (Å²) in [5.41, 5.74) is 3.93. The first-order valence-corrected chi connectivity index (χ1v) is 10.8. The fraction of sp³-hybridized carbons (Fsp3) is 0.348. The Balaban J connectivity index is 1.44. The van der Waals surface area contributed by atoms with Crippen LogP contribution in [0.5, 0.6) is 0 Å². The Bertz CT molecular complexity index is 815. The minimum Gasteiger partial charge on any atom is -0.354 e. The molecule has 28 heavy (non-hydrogen) atoms. The van der Waals surface area contributed by atoms with Crippen molar-refractivity contribution in [2.45, 2.75) is 12.6 Å². The molecule has 1 aromatic heterocycles. The number of hydrogen-bond donors (Lipinski definition) is 0. The largest absolute Gasteiger partial charge is 0.354 e.